The monoisotopic (exact) mass is 573 g/mol. The number of anilines is 1. The van der Waals surface area contributed by atoms with Crippen LogP contribution in [0.1, 0.15) is 39.3 Å². The average Bonchev–Trinajstić information content (AvgIpc) is 2.72. The number of likely N-dealkylation sites (tertiary alicyclic amines) is 1. The van der Waals surface area contributed by atoms with Crippen LogP contribution in [0.15, 0.2) is 17.3 Å². The largest absolute Gasteiger partial charge is 0.433 e. The number of hydrogen-bond acceptors (Lipinski definition) is 6. The van der Waals surface area contributed by atoms with Crippen molar-refractivity contribution in [3.63, 3.8) is 0 Å². The first-order valence-electron chi connectivity index (χ1n) is 10.8. The Bertz CT molecular complexity index is 683. The van der Waals surface area contributed by atoms with E-state index in [2.05, 4.69) is 35.8 Å². The Kier molecular flexibility index (Phi) is 13.1. The summed E-state index contributed by atoms with van der Waals surface area (Å²) < 4.78 is 43.8. The summed E-state index contributed by atoms with van der Waals surface area (Å²) in [6.07, 6.45) is -1.11. The fourth-order valence-electron chi connectivity index (χ4n) is 3.17. The molecule has 1 saturated heterocycles. The number of rotatable bonds is 10. The predicted octanol–water partition coefficient (Wildman–Crippen LogP) is 2.97. The fraction of sp³-hybridized carbons (Fsp3) is 0.750. The van der Waals surface area contributed by atoms with E-state index in [0.29, 0.717) is 25.1 Å². The number of guanidine groups is 1. The lowest BCUT2D eigenvalue weighted by Crippen LogP contribution is -2.49. The van der Waals surface area contributed by atoms with Gasteiger partial charge in [0.05, 0.1) is 19.3 Å². The molecule has 0 saturated carbocycles. The molecular formula is C20H35F3IN7O. The van der Waals surface area contributed by atoms with E-state index in [1.54, 1.807) is 0 Å². The lowest BCUT2D eigenvalue weighted by Gasteiger charge is -2.33. The molecule has 12 heteroatoms. The Morgan fingerprint density at radius 2 is 2.03 bits per heavy atom. The van der Waals surface area contributed by atoms with Gasteiger partial charge >= 0.3 is 6.18 Å². The van der Waals surface area contributed by atoms with Gasteiger partial charge in [-0.25, -0.2) is 9.97 Å². The predicted molar refractivity (Wildman–Crippen MR) is 131 cm³/mol. The minimum Gasteiger partial charge on any atom is -0.377 e. The molecule has 0 unspecified atom stereocenters. The van der Waals surface area contributed by atoms with Crippen molar-refractivity contribution in [1.29, 1.82) is 0 Å². The van der Waals surface area contributed by atoms with Crippen LogP contribution >= 0.6 is 24.0 Å². The summed E-state index contributed by atoms with van der Waals surface area (Å²) in [5.74, 6) is 0.646. The first kappa shape index (κ1) is 28.6. The number of hydrogen-bond donors (Lipinski definition) is 3. The average molecular weight is 573 g/mol. The fourth-order valence-corrected chi connectivity index (χ4v) is 3.17. The smallest absolute Gasteiger partial charge is 0.377 e. The second kappa shape index (κ2) is 14.7. The molecule has 2 rings (SSSR count). The Morgan fingerprint density at radius 3 is 2.66 bits per heavy atom. The van der Waals surface area contributed by atoms with Crippen molar-refractivity contribution >= 4 is 35.9 Å². The van der Waals surface area contributed by atoms with Crippen LogP contribution in [0.2, 0.25) is 0 Å². The van der Waals surface area contributed by atoms with E-state index in [0.717, 1.165) is 57.9 Å². The zero-order chi connectivity index (χ0) is 22.7. The van der Waals surface area contributed by atoms with Crippen molar-refractivity contribution in [3.8, 4) is 0 Å². The Balaban J connectivity index is 0.00000512. The molecule has 0 spiro atoms. The third-order valence-corrected chi connectivity index (χ3v) is 4.74. The number of ether oxygens (including phenoxy) is 1. The summed E-state index contributed by atoms with van der Waals surface area (Å²) in [6.45, 7) is 11.2. The molecule has 1 aliphatic heterocycles. The summed E-state index contributed by atoms with van der Waals surface area (Å²) in [5, 5.41) is 9.45. The van der Waals surface area contributed by atoms with Gasteiger partial charge in [0.25, 0.3) is 0 Å². The highest BCUT2D eigenvalue weighted by molar-refractivity contribution is 14.0. The Hall–Kier alpha value is -1.41. The van der Waals surface area contributed by atoms with E-state index < -0.39 is 11.9 Å². The number of aromatic nitrogens is 2. The van der Waals surface area contributed by atoms with E-state index in [4.69, 9.17) is 4.74 Å². The number of alkyl halides is 3. The molecule has 0 aliphatic carbocycles. The van der Waals surface area contributed by atoms with Crippen molar-refractivity contribution in [2.75, 3.05) is 51.2 Å². The van der Waals surface area contributed by atoms with Crippen molar-refractivity contribution in [2.45, 2.75) is 51.9 Å². The van der Waals surface area contributed by atoms with E-state index in [-0.39, 0.29) is 36.0 Å². The summed E-state index contributed by atoms with van der Waals surface area (Å²) in [4.78, 5) is 14.2. The maximum Gasteiger partial charge on any atom is 0.433 e. The van der Waals surface area contributed by atoms with Crippen LogP contribution in [0.5, 0.6) is 0 Å². The van der Waals surface area contributed by atoms with Gasteiger partial charge in [-0.05, 0) is 39.7 Å². The Morgan fingerprint density at radius 1 is 1.31 bits per heavy atom. The molecule has 1 aliphatic rings. The van der Waals surface area contributed by atoms with Crippen molar-refractivity contribution in [1.82, 2.24) is 25.5 Å². The van der Waals surface area contributed by atoms with E-state index in [1.165, 1.54) is 0 Å². The van der Waals surface area contributed by atoms with Crippen molar-refractivity contribution in [2.24, 2.45) is 4.99 Å². The molecule has 1 fully saturated rings. The molecule has 0 aromatic carbocycles. The van der Waals surface area contributed by atoms with Crippen LogP contribution in [0.4, 0.5) is 19.1 Å². The van der Waals surface area contributed by atoms with E-state index in [9.17, 15) is 13.2 Å². The first-order valence-corrected chi connectivity index (χ1v) is 10.8. The molecule has 0 atom stereocenters. The Labute approximate surface area is 205 Å². The molecule has 32 heavy (non-hydrogen) atoms. The third-order valence-electron chi connectivity index (χ3n) is 4.74. The topological polar surface area (TPSA) is 86.7 Å². The second-order valence-electron chi connectivity index (χ2n) is 7.63. The lowest BCUT2D eigenvalue weighted by molar-refractivity contribution is -0.141. The van der Waals surface area contributed by atoms with E-state index in [1.807, 2.05) is 20.8 Å². The quantitative estimate of drug-likeness (QED) is 0.172. The summed E-state index contributed by atoms with van der Waals surface area (Å²) in [6, 6.07) is 1.18. The molecule has 2 heterocycles. The maximum atomic E-state index is 12.7. The number of nitrogens with zero attached hydrogens (tertiary/aromatic N) is 4. The van der Waals surface area contributed by atoms with Crippen molar-refractivity contribution < 1.29 is 17.9 Å². The lowest BCUT2D eigenvalue weighted by atomic mass is 10.1. The highest BCUT2D eigenvalue weighted by Gasteiger charge is 2.32. The molecule has 184 valence electrons. The summed E-state index contributed by atoms with van der Waals surface area (Å²) in [7, 11) is 0. The van der Waals surface area contributed by atoms with Crippen LogP contribution in [-0.4, -0.2) is 78.8 Å². The van der Waals surface area contributed by atoms with Gasteiger partial charge in [-0.15, -0.1) is 24.0 Å². The number of aliphatic imine (C=N–C) groups is 1. The van der Waals surface area contributed by atoms with Gasteiger partial charge in [-0.2, -0.15) is 13.2 Å². The van der Waals surface area contributed by atoms with Gasteiger partial charge in [0, 0.05) is 45.0 Å². The summed E-state index contributed by atoms with van der Waals surface area (Å²) >= 11 is 0. The molecule has 1 aromatic rings. The molecular weight excluding hydrogens is 538 g/mol. The van der Waals surface area contributed by atoms with Gasteiger partial charge in [0.15, 0.2) is 5.96 Å². The van der Waals surface area contributed by atoms with Gasteiger partial charge in [0.1, 0.15) is 5.69 Å². The molecule has 1 aromatic heterocycles. The third kappa shape index (κ3) is 10.9. The molecule has 0 radical (unpaired) electrons. The SMILES string of the molecule is CCNC(=NCCNc1nccc(C(F)(F)F)n1)NC1CCN(CCOC(C)C)CC1.I. The molecule has 3 N–H and O–H groups in total. The van der Waals surface area contributed by atoms with Crippen LogP contribution in [0.3, 0.4) is 0 Å². The minimum absolute atomic E-state index is 0. The summed E-state index contributed by atoms with van der Waals surface area (Å²) in [5.41, 5.74) is -0.967. The zero-order valence-corrected chi connectivity index (χ0v) is 21.2. The first-order chi connectivity index (χ1) is 14.8. The van der Waals surface area contributed by atoms with Gasteiger partial charge < -0.3 is 25.6 Å². The van der Waals surface area contributed by atoms with E-state index >= 15 is 0 Å². The standard InChI is InChI=1S/C20H34F3N7O.HI/c1-4-24-18(28-16-6-11-30(12-7-16)13-14-31-15(2)3)26-9-10-27-19-25-8-5-17(29-19)20(21,22)23;/h5,8,15-16H,4,6-7,9-14H2,1-3H3,(H2,24,26,28)(H,25,27,29);1H. The van der Waals surface area contributed by atoms with Gasteiger partial charge in [0.2, 0.25) is 5.95 Å². The van der Waals surface area contributed by atoms with Crippen LogP contribution < -0.4 is 16.0 Å². The minimum atomic E-state index is -4.49. The normalized spacial score (nSPS) is 16.0. The highest BCUT2D eigenvalue weighted by atomic mass is 127. The van der Waals surface area contributed by atoms with Gasteiger partial charge in [-0.3, -0.25) is 4.99 Å². The number of nitrogens with one attached hydrogen (secondary N) is 3. The number of halogens is 4. The van der Waals surface area contributed by atoms with Crippen LogP contribution in [-0.2, 0) is 10.9 Å². The molecule has 8 nitrogen and oxygen atoms in total. The highest BCUT2D eigenvalue weighted by Crippen LogP contribution is 2.27. The van der Waals surface area contributed by atoms with Gasteiger partial charge in [-0.1, -0.05) is 0 Å². The zero-order valence-electron chi connectivity index (χ0n) is 18.9. The molecule has 0 amide bonds. The van der Waals surface area contributed by atoms with Crippen LogP contribution in [0.25, 0.3) is 0 Å². The maximum absolute atomic E-state index is 12.7. The second-order valence-corrected chi connectivity index (χ2v) is 7.63. The van der Waals surface area contributed by atoms with Crippen LogP contribution in [0, 0.1) is 0 Å². The van der Waals surface area contributed by atoms with Crippen molar-refractivity contribution in [3.05, 3.63) is 18.0 Å². The molecule has 0 bridgehead atoms. The number of piperidine rings is 1.